The number of hydrogen-bond acceptors (Lipinski definition) is 3. The van der Waals surface area contributed by atoms with Gasteiger partial charge in [-0.05, 0) is 23.5 Å². The fourth-order valence-corrected chi connectivity index (χ4v) is 2.41. The van der Waals surface area contributed by atoms with Crippen molar-refractivity contribution in [2.45, 2.75) is 33.2 Å². The normalized spacial score (nSPS) is 12.1. The molecule has 0 aliphatic carbocycles. The molecule has 0 spiro atoms. The number of nitrogens with one attached hydrogen (secondary N) is 2. The quantitative estimate of drug-likeness (QED) is 0.767. The van der Waals surface area contributed by atoms with Crippen LogP contribution in [0.3, 0.4) is 0 Å². The molecule has 1 aromatic carbocycles. The molecule has 0 fully saturated rings. The monoisotopic (exact) mass is 319 g/mol. The van der Waals surface area contributed by atoms with E-state index in [0.717, 1.165) is 6.42 Å². The van der Waals surface area contributed by atoms with E-state index in [1.165, 1.54) is 16.0 Å². The van der Waals surface area contributed by atoms with Gasteiger partial charge in [-0.25, -0.2) is 0 Å². The predicted molar refractivity (Wildman–Crippen MR) is 93.1 cm³/mol. The lowest BCUT2D eigenvalue weighted by atomic mass is 9.95. The van der Waals surface area contributed by atoms with Crippen molar-refractivity contribution in [2.75, 3.05) is 27.2 Å². The number of amides is 2. The Balaban J connectivity index is 2.65. The van der Waals surface area contributed by atoms with Gasteiger partial charge in [0.2, 0.25) is 11.8 Å². The largest absolute Gasteiger partial charge is 0.358 e. The Morgan fingerprint density at radius 1 is 1.17 bits per heavy atom. The molecule has 0 aliphatic heterocycles. The summed E-state index contributed by atoms with van der Waals surface area (Å²) in [4.78, 5) is 24.9. The summed E-state index contributed by atoms with van der Waals surface area (Å²) in [5, 5.41) is 5.84. The maximum Gasteiger partial charge on any atom is 0.239 e. The Hall–Kier alpha value is -1.88. The van der Waals surface area contributed by atoms with Crippen molar-refractivity contribution in [2.24, 2.45) is 5.92 Å². The van der Waals surface area contributed by atoms with Gasteiger partial charge in [-0.3, -0.25) is 9.59 Å². The van der Waals surface area contributed by atoms with Gasteiger partial charge < -0.3 is 15.5 Å². The zero-order chi connectivity index (χ0) is 17.4. The molecule has 0 bridgehead atoms. The van der Waals surface area contributed by atoms with Crippen LogP contribution in [-0.4, -0.2) is 43.9 Å². The van der Waals surface area contributed by atoms with Gasteiger partial charge in [-0.2, -0.15) is 0 Å². The maximum absolute atomic E-state index is 12.1. The molecule has 0 saturated carbocycles. The highest BCUT2D eigenvalue weighted by atomic mass is 16.2. The summed E-state index contributed by atoms with van der Waals surface area (Å²) in [6.45, 7) is 6.68. The highest BCUT2D eigenvalue weighted by molar-refractivity contribution is 5.85. The van der Waals surface area contributed by atoms with E-state index in [-0.39, 0.29) is 30.9 Å². The summed E-state index contributed by atoms with van der Waals surface area (Å²) in [7, 11) is 3.20. The zero-order valence-corrected chi connectivity index (χ0v) is 14.8. The molecule has 1 atom stereocenters. The number of nitrogens with zero attached hydrogens (tertiary/aromatic N) is 1. The fraction of sp³-hybridized carbons (Fsp3) is 0.556. The molecule has 1 aromatic rings. The van der Waals surface area contributed by atoms with Crippen molar-refractivity contribution in [3.05, 3.63) is 35.4 Å². The average molecular weight is 319 g/mol. The summed E-state index contributed by atoms with van der Waals surface area (Å²) < 4.78 is 0. The molecule has 128 valence electrons. The van der Waals surface area contributed by atoms with Crippen LogP contribution >= 0.6 is 0 Å². The minimum atomic E-state index is -0.170. The zero-order valence-electron chi connectivity index (χ0n) is 14.8. The third-order valence-electron chi connectivity index (χ3n) is 3.97. The van der Waals surface area contributed by atoms with Crippen LogP contribution in [0.1, 0.15) is 37.9 Å². The van der Waals surface area contributed by atoms with Crippen LogP contribution in [0, 0.1) is 5.92 Å². The molecule has 0 radical (unpaired) electrons. The number of carbonyl (C=O) groups is 2. The van der Waals surface area contributed by atoms with Crippen LogP contribution in [0.5, 0.6) is 0 Å². The van der Waals surface area contributed by atoms with Crippen LogP contribution in [0.25, 0.3) is 0 Å². The molecule has 0 aromatic heterocycles. The second-order valence-corrected chi connectivity index (χ2v) is 6.12. The summed E-state index contributed by atoms with van der Waals surface area (Å²) in [6.07, 6.45) is 1.02. The Labute approximate surface area is 139 Å². The van der Waals surface area contributed by atoms with Crippen LogP contribution in [0.4, 0.5) is 0 Å². The van der Waals surface area contributed by atoms with E-state index < -0.39 is 0 Å². The van der Waals surface area contributed by atoms with Crippen molar-refractivity contribution < 1.29 is 9.59 Å². The summed E-state index contributed by atoms with van der Waals surface area (Å²) in [6, 6.07) is 8.61. The highest BCUT2D eigenvalue weighted by Gasteiger charge is 2.18. The number of aryl methyl sites for hydroxylation is 1. The van der Waals surface area contributed by atoms with Crippen molar-refractivity contribution in [1.82, 2.24) is 15.5 Å². The SMILES string of the molecule is CCc1ccc([C@H](NCC(=O)N(C)CC(=O)NC)C(C)C)cc1. The summed E-state index contributed by atoms with van der Waals surface area (Å²) >= 11 is 0. The minimum absolute atomic E-state index is 0.0779. The van der Waals surface area contributed by atoms with Crippen LogP contribution in [-0.2, 0) is 16.0 Å². The molecule has 5 heteroatoms. The lowest BCUT2D eigenvalue weighted by Crippen LogP contribution is -2.42. The molecule has 0 aliphatic rings. The number of rotatable bonds is 8. The van der Waals surface area contributed by atoms with Gasteiger partial charge in [0.05, 0.1) is 13.1 Å². The molecule has 0 unspecified atom stereocenters. The topological polar surface area (TPSA) is 61.4 Å². The molecule has 2 amide bonds. The minimum Gasteiger partial charge on any atom is -0.358 e. The first-order chi connectivity index (χ1) is 10.9. The third kappa shape index (κ3) is 6.02. The van der Waals surface area contributed by atoms with Gasteiger partial charge in [-0.1, -0.05) is 45.0 Å². The van der Waals surface area contributed by atoms with E-state index in [2.05, 4.69) is 55.7 Å². The second-order valence-electron chi connectivity index (χ2n) is 6.12. The van der Waals surface area contributed by atoms with Crippen LogP contribution in [0.2, 0.25) is 0 Å². The van der Waals surface area contributed by atoms with E-state index in [9.17, 15) is 9.59 Å². The van der Waals surface area contributed by atoms with E-state index in [1.807, 2.05) is 0 Å². The molecular weight excluding hydrogens is 290 g/mol. The van der Waals surface area contributed by atoms with E-state index in [0.29, 0.717) is 5.92 Å². The number of carbonyl (C=O) groups excluding carboxylic acids is 2. The Morgan fingerprint density at radius 2 is 1.78 bits per heavy atom. The van der Waals surface area contributed by atoms with Gasteiger partial charge in [-0.15, -0.1) is 0 Å². The molecule has 1 rings (SSSR count). The Morgan fingerprint density at radius 3 is 2.26 bits per heavy atom. The smallest absolute Gasteiger partial charge is 0.239 e. The van der Waals surface area contributed by atoms with Crippen molar-refractivity contribution in [3.8, 4) is 0 Å². The molecule has 0 heterocycles. The lowest BCUT2D eigenvalue weighted by Gasteiger charge is -2.24. The first kappa shape index (κ1) is 19.2. The number of likely N-dealkylation sites (N-methyl/N-ethyl adjacent to an activating group) is 2. The van der Waals surface area contributed by atoms with E-state index in [1.54, 1.807) is 14.1 Å². The van der Waals surface area contributed by atoms with Gasteiger partial charge >= 0.3 is 0 Å². The van der Waals surface area contributed by atoms with Crippen LogP contribution in [0.15, 0.2) is 24.3 Å². The molecule has 5 nitrogen and oxygen atoms in total. The summed E-state index contributed by atoms with van der Waals surface area (Å²) in [5.41, 5.74) is 2.48. The van der Waals surface area contributed by atoms with Gasteiger partial charge in [0.15, 0.2) is 0 Å². The first-order valence-electron chi connectivity index (χ1n) is 8.15. The Kier molecular flexibility index (Phi) is 7.75. The predicted octanol–water partition coefficient (Wildman–Crippen LogP) is 1.74. The lowest BCUT2D eigenvalue weighted by molar-refractivity contribution is -0.134. The Bertz CT molecular complexity index is 512. The fourth-order valence-electron chi connectivity index (χ4n) is 2.41. The van der Waals surface area contributed by atoms with Gasteiger partial charge in [0.25, 0.3) is 0 Å². The van der Waals surface area contributed by atoms with Crippen LogP contribution < -0.4 is 10.6 Å². The van der Waals surface area contributed by atoms with Gasteiger partial charge in [0.1, 0.15) is 0 Å². The van der Waals surface area contributed by atoms with E-state index in [4.69, 9.17) is 0 Å². The average Bonchev–Trinajstić information content (AvgIpc) is 2.54. The second kappa shape index (κ2) is 9.30. The first-order valence-corrected chi connectivity index (χ1v) is 8.15. The van der Waals surface area contributed by atoms with Crippen molar-refractivity contribution >= 4 is 11.8 Å². The number of benzene rings is 1. The molecule has 23 heavy (non-hydrogen) atoms. The molecular formula is C18H29N3O2. The van der Waals surface area contributed by atoms with E-state index >= 15 is 0 Å². The summed E-state index contributed by atoms with van der Waals surface area (Å²) in [5.74, 6) is 0.0976. The standard InChI is InChI=1S/C18H29N3O2/c1-6-14-7-9-15(10-8-14)18(13(2)3)20-11-17(23)21(5)12-16(22)19-4/h7-10,13,18,20H,6,11-12H2,1-5H3,(H,19,22)/t18-/m1/s1. The van der Waals surface area contributed by atoms with Crippen molar-refractivity contribution in [3.63, 3.8) is 0 Å². The maximum atomic E-state index is 12.1. The highest BCUT2D eigenvalue weighted by Crippen LogP contribution is 2.22. The molecule has 0 saturated heterocycles. The third-order valence-corrected chi connectivity index (χ3v) is 3.97. The van der Waals surface area contributed by atoms with Gasteiger partial charge in [0, 0.05) is 20.1 Å². The van der Waals surface area contributed by atoms with Crippen molar-refractivity contribution in [1.29, 1.82) is 0 Å². The molecule has 2 N–H and O–H groups in total. The number of hydrogen-bond donors (Lipinski definition) is 2.